The molecule has 0 aliphatic carbocycles. The Labute approximate surface area is 124 Å². The number of carbonyl (C=O) groups is 2. The van der Waals surface area contributed by atoms with Crippen LogP contribution in [0.3, 0.4) is 0 Å². The standard InChI is InChI=1S/C14H19NO5S/c1-14(2,3)11(13(17)18)15-12(16)9-6-5-7-10(8-9)21(4,19)20/h5-8,11H,1-4H3,(H,15,16)(H,17,18)/t11-/m0/s1. The number of carboxylic acids is 1. The van der Waals surface area contributed by atoms with Crippen LogP contribution in [0, 0.1) is 5.41 Å². The van der Waals surface area contributed by atoms with Crippen molar-refractivity contribution in [3.05, 3.63) is 29.8 Å². The third-order valence-electron chi connectivity index (χ3n) is 2.91. The molecule has 7 heteroatoms. The summed E-state index contributed by atoms with van der Waals surface area (Å²) in [6, 6.07) is 4.41. The zero-order chi connectivity index (χ0) is 16.4. The highest BCUT2D eigenvalue weighted by molar-refractivity contribution is 7.90. The summed E-state index contributed by atoms with van der Waals surface area (Å²) in [6.07, 6.45) is 1.04. The molecule has 0 radical (unpaired) electrons. The van der Waals surface area contributed by atoms with Gasteiger partial charge in [0.15, 0.2) is 9.84 Å². The number of hydrogen-bond acceptors (Lipinski definition) is 4. The van der Waals surface area contributed by atoms with Gasteiger partial charge in [-0.25, -0.2) is 13.2 Å². The third kappa shape index (κ3) is 4.56. The molecule has 0 unspecified atom stereocenters. The van der Waals surface area contributed by atoms with Gasteiger partial charge in [-0.1, -0.05) is 26.8 Å². The molecule has 21 heavy (non-hydrogen) atoms. The first-order valence-electron chi connectivity index (χ1n) is 6.26. The molecule has 0 aromatic heterocycles. The lowest BCUT2D eigenvalue weighted by atomic mass is 9.86. The van der Waals surface area contributed by atoms with E-state index in [1.54, 1.807) is 20.8 Å². The summed E-state index contributed by atoms with van der Waals surface area (Å²) >= 11 is 0. The highest BCUT2D eigenvalue weighted by atomic mass is 32.2. The van der Waals surface area contributed by atoms with Gasteiger partial charge in [0, 0.05) is 11.8 Å². The van der Waals surface area contributed by atoms with Crippen LogP contribution in [0.1, 0.15) is 31.1 Å². The minimum absolute atomic E-state index is 0.0118. The summed E-state index contributed by atoms with van der Waals surface area (Å²) in [6.45, 7) is 5.08. The zero-order valence-corrected chi connectivity index (χ0v) is 13.2. The van der Waals surface area contributed by atoms with Gasteiger partial charge in [-0.05, 0) is 23.6 Å². The van der Waals surface area contributed by atoms with Crippen LogP contribution < -0.4 is 5.32 Å². The first-order valence-corrected chi connectivity index (χ1v) is 8.16. The van der Waals surface area contributed by atoms with Gasteiger partial charge in [0.05, 0.1) is 4.90 Å². The van der Waals surface area contributed by atoms with Crippen molar-refractivity contribution in [3.63, 3.8) is 0 Å². The largest absolute Gasteiger partial charge is 0.480 e. The highest BCUT2D eigenvalue weighted by Crippen LogP contribution is 2.20. The fourth-order valence-electron chi connectivity index (χ4n) is 1.73. The molecule has 0 heterocycles. The smallest absolute Gasteiger partial charge is 0.326 e. The fourth-order valence-corrected chi connectivity index (χ4v) is 2.40. The van der Waals surface area contributed by atoms with Gasteiger partial charge in [-0.3, -0.25) is 4.79 Å². The van der Waals surface area contributed by atoms with E-state index < -0.39 is 33.2 Å². The summed E-state index contributed by atoms with van der Waals surface area (Å²) in [5, 5.41) is 11.6. The molecule has 1 aromatic carbocycles. The van der Waals surface area contributed by atoms with Gasteiger partial charge >= 0.3 is 5.97 Å². The molecule has 0 aliphatic heterocycles. The van der Waals surface area contributed by atoms with E-state index in [2.05, 4.69) is 5.32 Å². The highest BCUT2D eigenvalue weighted by Gasteiger charge is 2.32. The maximum Gasteiger partial charge on any atom is 0.326 e. The Bertz CT molecular complexity index is 658. The van der Waals surface area contributed by atoms with Gasteiger partial charge in [-0.2, -0.15) is 0 Å². The topological polar surface area (TPSA) is 101 Å². The fraction of sp³-hybridized carbons (Fsp3) is 0.429. The van der Waals surface area contributed by atoms with Gasteiger partial charge in [0.1, 0.15) is 6.04 Å². The van der Waals surface area contributed by atoms with Crippen molar-refractivity contribution >= 4 is 21.7 Å². The first kappa shape index (κ1) is 17.2. The van der Waals surface area contributed by atoms with Crippen molar-refractivity contribution in [2.75, 3.05) is 6.26 Å². The Morgan fingerprint density at radius 2 is 1.81 bits per heavy atom. The second-order valence-corrected chi connectivity index (χ2v) is 7.93. The molecule has 0 spiro atoms. The molecule has 1 atom stereocenters. The number of carbonyl (C=O) groups excluding carboxylic acids is 1. The van der Waals surface area contributed by atoms with Crippen LogP contribution in [0.4, 0.5) is 0 Å². The lowest BCUT2D eigenvalue weighted by Crippen LogP contribution is -2.49. The molecule has 0 bridgehead atoms. The van der Waals surface area contributed by atoms with Crippen LogP contribution in [-0.2, 0) is 14.6 Å². The molecule has 6 nitrogen and oxygen atoms in total. The average molecular weight is 313 g/mol. The molecule has 0 saturated carbocycles. The zero-order valence-electron chi connectivity index (χ0n) is 12.4. The molecule has 1 aromatic rings. The van der Waals surface area contributed by atoms with E-state index in [1.807, 2.05) is 0 Å². The van der Waals surface area contributed by atoms with E-state index in [-0.39, 0.29) is 10.5 Å². The first-order chi connectivity index (χ1) is 9.43. The summed E-state index contributed by atoms with van der Waals surface area (Å²) in [7, 11) is -3.43. The average Bonchev–Trinajstić information content (AvgIpc) is 2.33. The van der Waals surface area contributed by atoms with Crippen LogP contribution in [0.15, 0.2) is 29.2 Å². The molecule has 0 fully saturated rings. The Morgan fingerprint density at radius 1 is 1.24 bits per heavy atom. The molecule has 1 amide bonds. The molecule has 116 valence electrons. The van der Waals surface area contributed by atoms with E-state index in [0.29, 0.717) is 0 Å². The van der Waals surface area contributed by atoms with E-state index in [9.17, 15) is 23.1 Å². The number of amides is 1. The van der Waals surface area contributed by atoms with Gasteiger partial charge in [-0.15, -0.1) is 0 Å². The van der Waals surface area contributed by atoms with E-state index >= 15 is 0 Å². The van der Waals surface area contributed by atoms with Crippen LogP contribution in [0.5, 0.6) is 0 Å². The molecular formula is C14H19NO5S. The molecular weight excluding hydrogens is 294 g/mol. The lowest BCUT2D eigenvalue weighted by Gasteiger charge is -2.27. The maximum atomic E-state index is 12.1. The van der Waals surface area contributed by atoms with Crippen molar-refractivity contribution in [1.82, 2.24) is 5.32 Å². The number of hydrogen-bond donors (Lipinski definition) is 2. The number of rotatable bonds is 4. The van der Waals surface area contributed by atoms with Crippen molar-refractivity contribution in [3.8, 4) is 0 Å². The van der Waals surface area contributed by atoms with Gasteiger partial charge in [0.2, 0.25) is 0 Å². The van der Waals surface area contributed by atoms with Crippen molar-refractivity contribution < 1.29 is 23.1 Å². The van der Waals surface area contributed by atoms with Crippen molar-refractivity contribution in [2.45, 2.75) is 31.7 Å². The van der Waals surface area contributed by atoms with E-state index in [1.165, 1.54) is 24.3 Å². The molecule has 1 rings (SSSR count). The predicted octanol–water partition coefficient (Wildman–Crippen LogP) is 1.32. The number of benzene rings is 1. The minimum atomic E-state index is -3.43. The number of sulfone groups is 1. The van der Waals surface area contributed by atoms with E-state index in [4.69, 9.17) is 0 Å². The summed E-state index contributed by atoms with van der Waals surface area (Å²) in [5.41, 5.74) is -0.566. The molecule has 0 saturated heterocycles. The Kier molecular flexibility index (Phi) is 4.78. The summed E-state index contributed by atoms with van der Waals surface area (Å²) in [5.74, 6) is -1.77. The summed E-state index contributed by atoms with van der Waals surface area (Å²) < 4.78 is 22.9. The molecule has 0 aliphatic rings. The maximum absolute atomic E-state index is 12.1. The SMILES string of the molecule is CC(C)(C)[C@@H](NC(=O)c1cccc(S(C)(=O)=O)c1)C(=O)O. The Morgan fingerprint density at radius 3 is 2.24 bits per heavy atom. The van der Waals surface area contributed by atoms with E-state index in [0.717, 1.165) is 6.26 Å². The Balaban J connectivity index is 3.07. The normalized spacial score (nSPS) is 13.5. The van der Waals surface area contributed by atoms with Crippen molar-refractivity contribution in [1.29, 1.82) is 0 Å². The van der Waals surface area contributed by atoms with Crippen LogP contribution in [0.25, 0.3) is 0 Å². The number of carboxylic acid groups (broad SMARTS) is 1. The van der Waals surface area contributed by atoms with Crippen LogP contribution in [0.2, 0.25) is 0 Å². The lowest BCUT2D eigenvalue weighted by molar-refractivity contribution is -0.142. The predicted molar refractivity (Wildman–Crippen MR) is 77.9 cm³/mol. The van der Waals surface area contributed by atoms with Crippen LogP contribution in [-0.4, -0.2) is 37.7 Å². The Hall–Kier alpha value is -1.89. The number of aliphatic carboxylic acids is 1. The van der Waals surface area contributed by atoms with Crippen LogP contribution >= 0.6 is 0 Å². The van der Waals surface area contributed by atoms with Gasteiger partial charge in [0.25, 0.3) is 5.91 Å². The van der Waals surface area contributed by atoms with Gasteiger partial charge < -0.3 is 10.4 Å². The quantitative estimate of drug-likeness (QED) is 0.873. The second kappa shape index (κ2) is 5.85. The number of nitrogens with one attached hydrogen (secondary N) is 1. The third-order valence-corrected chi connectivity index (χ3v) is 4.02. The van der Waals surface area contributed by atoms with Crippen molar-refractivity contribution in [2.24, 2.45) is 5.41 Å². The minimum Gasteiger partial charge on any atom is -0.480 e. The second-order valence-electron chi connectivity index (χ2n) is 5.91. The monoisotopic (exact) mass is 313 g/mol. The summed E-state index contributed by atoms with van der Waals surface area (Å²) in [4.78, 5) is 23.4. The molecule has 2 N–H and O–H groups in total.